The van der Waals surface area contributed by atoms with Gasteiger partial charge in [-0.05, 0) is 11.5 Å². The Kier molecular flexibility index (Phi) is 4.18. The highest BCUT2D eigenvalue weighted by molar-refractivity contribution is 7.35. The first-order chi connectivity index (χ1) is 4.00. The van der Waals surface area contributed by atoms with Crippen LogP contribution in [-0.4, -0.2) is 7.42 Å². The smallest absolute Gasteiger partial charge is 0.150 e. The molecule has 0 aromatic heterocycles. The van der Waals surface area contributed by atoms with Gasteiger partial charge in [0.25, 0.3) is 0 Å². The second-order valence-electron chi connectivity index (χ2n) is 3.04. The van der Waals surface area contributed by atoms with E-state index in [1.165, 1.54) is 6.42 Å². The molecule has 0 saturated heterocycles. The molecule has 0 atom stereocenters. The van der Waals surface area contributed by atoms with Gasteiger partial charge in [0.05, 0.1) is 0 Å². The molecule has 0 aliphatic heterocycles. The maximum atomic E-state index is 5.85. The first-order valence-corrected chi connectivity index (χ1v) is 7.35. The summed E-state index contributed by atoms with van der Waals surface area (Å²) in [5.41, 5.74) is 0. The van der Waals surface area contributed by atoms with Crippen LogP contribution in [0.2, 0.25) is 5.04 Å². The number of rotatable bonds is 3. The number of halogens is 2. The van der Waals surface area contributed by atoms with Crippen LogP contribution in [0.5, 0.6) is 0 Å². The van der Waals surface area contributed by atoms with E-state index in [4.69, 9.17) is 22.2 Å². The molecule has 0 radical (unpaired) electrons. The summed E-state index contributed by atoms with van der Waals surface area (Å²) in [4.78, 5) is 0. The summed E-state index contributed by atoms with van der Waals surface area (Å²) in [6.45, 7) is 6.45. The fourth-order valence-electron chi connectivity index (χ4n) is 0.753. The molecule has 0 amide bonds. The van der Waals surface area contributed by atoms with Gasteiger partial charge in [0.2, 0.25) is 7.42 Å². The fraction of sp³-hybridized carbons (Fsp3) is 1.00. The van der Waals surface area contributed by atoms with E-state index < -0.39 is 7.42 Å². The van der Waals surface area contributed by atoms with Crippen molar-refractivity contribution in [1.82, 2.24) is 0 Å². The monoisotopic (exact) mass is 184 g/mol. The first kappa shape index (κ1) is 9.80. The van der Waals surface area contributed by atoms with E-state index in [0.717, 1.165) is 6.42 Å². The van der Waals surface area contributed by atoms with Crippen LogP contribution >= 0.6 is 22.2 Å². The molecular formula is C6H14Cl2Si. The molecule has 0 unspecified atom stereocenters. The van der Waals surface area contributed by atoms with E-state index in [0.29, 0.717) is 0 Å². The number of hydrogen-bond donors (Lipinski definition) is 0. The Morgan fingerprint density at radius 2 is 1.78 bits per heavy atom. The molecule has 0 aromatic rings. The molecule has 0 aromatic carbocycles. The molecule has 3 heteroatoms. The average molecular weight is 185 g/mol. The Morgan fingerprint density at radius 1 is 1.33 bits per heavy atom. The van der Waals surface area contributed by atoms with Gasteiger partial charge in [-0.3, -0.25) is 0 Å². The van der Waals surface area contributed by atoms with Crippen LogP contribution in [0.4, 0.5) is 0 Å². The molecule has 0 aliphatic rings. The van der Waals surface area contributed by atoms with Gasteiger partial charge in [0.15, 0.2) is 0 Å². The topological polar surface area (TPSA) is 0 Å². The van der Waals surface area contributed by atoms with Gasteiger partial charge in [-0.25, -0.2) is 0 Å². The molecule has 9 heavy (non-hydrogen) atoms. The molecule has 0 aliphatic carbocycles. The lowest BCUT2D eigenvalue weighted by atomic mass is 10.1. The van der Waals surface area contributed by atoms with Crippen molar-refractivity contribution in [2.75, 3.05) is 0 Å². The highest BCUT2D eigenvalue weighted by Gasteiger charge is 2.26. The van der Waals surface area contributed by atoms with Crippen molar-refractivity contribution in [2.24, 2.45) is 0 Å². The third-order valence-corrected chi connectivity index (χ3v) is 6.50. The lowest BCUT2D eigenvalue weighted by molar-refractivity contribution is 0.595. The average Bonchev–Trinajstić information content (AvgIpc) is 1.65. The second kappa shape index (κ2) is 3.84. The van der Waals surface area contributed by atoms with Gasteiger partial charge in [-0.1, -0.05) is 27.2 Å². The van der Waals surface area contributed by atoms with E-state index in [1.54, 1.807) is 0 Å². The summed E-state index contributed by atoms with van der Waals surface area (Å²) in [5, 5.41) is 0.220. The van der Waals surface area contributed by atoms with Crippen molar-refractivity contribution in [1.29, 1.82) is 0 Å². The van der Waals surface area contributed by atoms with Crippen LogP contribution in [0.3, 0.4) is 0 Å². The summed E-state index contributed by atoms with van der Waals surface area (Å²) >= 11 is 11.7. The molecule has 0 heterocycles. The Morgan fingerprint density at radius 3 is 1.89 bits per heavy atom. The molecule has 0 nitrogen and oxygen atoms in total. The van der Waals surface area contributed by atoms with Gasteiger partial charge in [0.1, 0.15) is 0 Å². The third-order valence-electron chi connectivity index (χ3n) is 1.49. The van der Waals surface area contributed by atoms with Crippen LogP contribution < -0.4 is 0 Å². The number of hydrogen-bond acceptors (Lipinski definition) is 0. The maximum absolute atomic E-state index is 5.85. The first-order valence-electron chi connectivity index (χ1n) is 3.29. The van der Waals surface area contributed by atoms with Crippen molar-refractivity contribution in [3.63, 3.8) is 0 Å². The largest absolute Gasteiger partial charge is 0.242 e. The Balaban J connectivity index is 3.70. The highest BCUT2D eigenvalue weighted by Crippen LogP contribution is 2.37. The molecule has 0 spiro atoms. The third kappa shape index (κ3) is 3.49. The molecule has 0 N–H and O–H groups in total. The zero-order valence-electron chi connectivity index (χ0n) is 6.25. The lowest BCUT2D eigenvalue weighted by Gasteiger charge is -2.23. The molecular weight excluding hydrogens is 171 g/mol. The van der Waals surface area contributed by atoms with Gasteiger partial charge in [-0.2, -0.15) is 0 Å². The second-order valence-corrected chi connectivity index (χ2v) is 8.49. The maximum Gasteiger partial charge on any atom is 0.242 e. The SMILES string of the molecule is CCCC(C)(C)[SiH](Cl)Cl. The molecule has 0 fully saturated rings. The van der Waals surface area contributed by atoms with Crippen LogP contribution in [0.15, 0.2) is 0 Å². The minimum absolute atomic E-state index is 0.220. The summed E-state index contributed by atoms with van der Waals surface area (Å²) in [7, 11) is -1.45. The Hall–Kier alpha value is 0.797. The van der Waals surface area contributed by atoms with Gasteiger partial charge in [-0.15, -0.1) is 22.2 Å². The quantitative estimate of drug-likeness (QED) is 0.467. The van der Waals surface area contributed by atoms with E-state index in [1.807, 2.05) is 0 Å². The zero-order valence-corrected chi connectivity index (χ0v) is 8.91. The van der Waals surface area contributed by atoms with Crippen LogP contribution in [-0.2, 0) is 0 Å². The molecule has 56 valence electrons. The van der Waals surface area contributed by atoms with Crippen LogP contribution in [0.25, 0.3) is 0 Å². The van der Waals surface area contributed by atoms with E-state index >= 15 is 0 Å². The summed E-state index contributed by atoms with van der Waals surface area (Å²) in [5.74, 6) is 0. The summed E-state index contributed by atoms with van der Waals surface area (Å²) < 4.78 is 0. The summed E-state index contributed by atoms with van der Waals surface area (Å²) in [6.07, 6.45) is 2.33. The summed E-state index contributed by atoms with van der Waals surface area (Å²) in [6, 6.07) is 0. The van der Waals surface area contributed by atoms with Crippen molar-refractivity contribution >= 4 is 29.6 Å². The van der Waals surface area contributed by atoms with Crippen LogP contribution in [0, 0.1) is 0 Å². The fourth-order valence-corrected chi connectivity index (χ4v) is 1.91. The minimum atomic E-state index is -1.45. The van der Waals surface area contributed by atoms with E-state index in [2.05, 4.69) is 20.8 Å². The van der Waals surface area contributed by atoms with Crippen LogP contribution in [0.1, 0.15) is 33.6 Å². The highest BCUT2D eigenvalue weighted by atomic mass is 35.7. The van der Waals surface area contributed by atoms with Gasteiger partial charge < -0.3 is 0 Å². The Labute approximate surface area is 68.6 Å². The molecule has 0 bridgehead atoms. The predicted octanol–water partition coefficient (Wildman–Crippen LogP) is 3.26. The molecule has 0 rings (SSSR count). The zero-order chi connectivity index (χ0) is 7.49. The van der Waals surface area contributed by atoms with Crippen molar-refractivity contribution < 1.29 is 0 Å². The normalized spacial score (nSPS) is 12.7. The standard InChI is InChI=1S/C6H14Cl2Si/c1-4-5-6(2,3)9(7)8/h9H,4-5H2,1-3H3. The van der Waals surface area contributed by atoms with Crippen molar-refractivity contribution in [2.45, 2.75) is 38.7 Å². The predicted molar refractivity (Wildman–Crippen MR) is 47.8 cm³/mol. The Bertz CT molecular complexity index is 81.1. The lowest BCUT2D eigenvalue weighted by Crippen LogP contribution is -2.15. The van der Waals surface area contributed by atoms with E-state index in [-0.39, 0.29) is 5.04 Å². The van der Waals surface area contributed by atoms with Crippen molar-refractivity contribution in [3.05, 3.63) is 0 Å². The van der Waals surface area contributed by atoms with Gasteiger partial charge in [0, 0.05) is 0 Å². The van der Waals surface area contributed by atoms with Gasteiger partial charge >= 0.3 is 0 Å². The minimum Gasteiger partial charge on any atom is -0.150 e. The van der Waals surface area contributed by atoms with Crippen molar-refractivity contribution in [3.8, 4) is 0 Å². The molecule has 0 saturated carbocycles. The van der Waals surface area contributed by atoms with E-state index in [9.17, 15) is 0 Å².